The van der Waals surface area contributed by atoms with Crippen LogP contribution in [0.4, 0.5) is 17.3 Å². The molecule has 140 valence electrons. The van der Waals surface area contributed by atoms with Gasteiger partial charge in [0.15, 0.2) is 10.9 Å². The van der Waals surface area contributed by atoms with Crippen LogP contribution in [0, 0.1) is 0 Å². The molecular formula is C17H24N6OS2. The summed E-state index contributed by atoms with van der Waals surface area (Å²) in [4.78, 5) is 19.3. The molecule has 0 unspecified atom stereocenters. The Morgan fingerprint density at radius 3 is 2.27 bits per heavy atom. The van der Waals surface area contributed by atoms with Crippen LogP contribution in [0.25, 0.3) is 0 Å². The second kappa shape index (κ2) is 9.02. The molecule has 0 aliphatic carbocycles. The Morgan fingerprint density at radius 1 is 1.08 bits per heavy atom. The van der Waals surface area contributed by atoms with Gasteiger partial charge in [0.25, 0.3) is 0 Å². The van der Waals surface area contributed by atoms with E-state index in [-0.39, 0.29) is 0 Å². The molecule has 26 heavy (non-hydrogen) atoms. The number of aromatic nitrogens is 2. The van der Waals surface area contributed by atoms with Crippen molar-refractivity contribution in [3.8, 4) is 0 Å². The summed E-state index contributed by atoms with van der Waals surface area (Å²) in [6.45, 7) is 0. The van der Waals surface area contributed by atoms with Crippen LogP contribution in [-0.4, -0.2) is 62.5 Å². The number of hydroxylamine groups is 2. The maximum Gasteiger partial charge on any atom is 0.197 e. The van der Waals surface area contributed by atoms with E-state index < -0.39 is 0 Å². The summed E-state index contributed by atoms with van der Waals surface area (Å²) in [5.41, 5.74) is 0.893. The van der Waals surface area contributed by atoms with E-state index in [0.29, 0.717) is 5.11 Å². The van der Waals surface area contributed by atoms with Gasteiger partial charge in [-0.3, -0.25) is 4.84 Å². The fraction of sp³-hybridized carbons (Fsp3) is 0.353. The van der Waals surface area contributed by atoms with Crippen molar-refractivity contribution in [3.63, 3.8) is 0 Å². The van der Waals surface area contributed by atoms with Crippen LogP contribution in [-0.2, 0) is 4.84 Å². The standard InChI is InChI=1S/C17H24N6OS2/c1-21(2)14-11-18-15(22(3)4)16(20-14)26-13-9-7-12(8-10-13)19-17(25)23(5)24-6/h7-11H,1-6H3,(H,19,25). The van der Waals surface area contributed by atoms with Gasteiger partial charge in [0.1, 0.15) is 10.8 Å². The number of benzene rings is 1. The molecule has 9 heteroatoms. The zero-order valence-electron chi connectivity index (χ0n) is 15.8. The Kier molecular flexibility index (Phi) is 7.01. The van der Waals surface area contributed by atoms with E-state index in [4.69, 9.17) is 22.0 Å². The Morgan fingerprint density at radius 2 is 1.73 bits per heavy atom. The molecule has 2 aromatic rings. The summed E-state index contributed by atoms with van der Waals surface area (Å²) < 4.78 is 0. The Hall–Kier alpha value is -2.10. The Bertz CT molecular complexity index is 751. The van der Waals surface area contributed by atoms with Crippen LogP contribution in [0.5, 0.6) is 0 Å². The molecule has 0 radical (unpaired) electrons. The second-order valence-electron chi connectivity index (χ2n) is 5.88. The van der Waals surface area contributed by atoms with Crippen molar-refractivity contribution in [3.05, 3.63) is 30.5 Å². The number of hydrogen-bond donors (Lipinski definition) is 1. The predicted molar refractivity (Wildman–Crippen MR) is 112 cm³/mol. The lowest BCUT2D eigenvalue weighted by Gasteiger charge is -2.19. The maximum absolute atomic E-state index is 5.24. The third kappa shape index (κ3) is 5.20. The molecule has 0 bridgehead atoms. The number of nitrogens with one attached hydrogen (secondary N) is 1. The van der Waals surface area contributed by atoms with Crippen LogP contribution in [0.3, 0.4) is 0 Å². The lowest BCUT2D eigenvalue weighted by atomic mass is 10.3. The summed E-state index contributed by atoms with van der Waals surface area (Å²) >= 11 is 6.81. The summed E-state index contributed by atoms with van der Waals surface area (Å²) in [7, 11) is 11.1. The first-order valence-electron chi connectivity index (χ1n) is 7.90. The topological polar surface area (TPSA) is 56.8 Å². The third-order valence-corrected chi connectivity index (χ3v) is 4.81. The highest BCUT2D eigenvalue weighted by atomic mass is 32.2. The van der Waals surface area contributed by atoms with Gasteiger partial charge in [0.2, 0.25) is 0 Å². The Balaban J connectivity index is 2.18. The van der Waals surface area contributed by atoms with E-state index in [9.17, 15) is 0 Å². The van der Waals surface area contributed by atoms with Crippen LogP contribution in [0.1, 0.15) is 0 Å². The van der Waals surface area contributed by atoms with Gasteiger partial charge in [0.05, 0.1) is 13.3 Å². The molecule has 0 saturated carbocycles. The van der Waals surface area contributed by atoms with Crippen molar-refractivity contribution in [1.82, 2.24) is 15.0 Å². The van der Waals surface area contributed by atoms with Gasteiger partial charge in [-0.05, 0) is 36.5 Å². The first-order chi connectivity index (χ1) is 12.3. The molecule has 0 amide bonds. The molecule has 1 heterocycles. The molecule has 1 aromatic heterocycles. The van der Waals surface area contributed by atoms with Gasteiger partial charge < -0.3 is 15.1 Å². The van der Waals surface area contributed by atoms with Crippen molar-refractivity contribution in [2.45, 2.75) is 9.92 Å². The monoisotopic (exact) mass is 392 g/mol. The van der Waals surface area contributed by atoms with E-state index >= 15 is 0 Å². The molecule has 1 aromatic carbocycles. The van der Waals surface area contributed by atoms with E-state index in [0.717, 1.165) is 27.2 Å². The van der Waals surface area contributed by atoms with E-state index in [2.05, 4.69) is 10.3 Å². The molecule has 0 saturated heterocycles. The van der Waals surface area contributed by atoms with E-state index in [1.807, 2.05) is 62.3 Å². The SMILES string of the molecule is CON(C)C(=S)Nc1ccc(Sc2nc(N(C)C)cnc2N(C)C)cc1. The number of nitrogens with zero attached hydrogens (tertiary/aromatic N) is 5. The van der Waals surface area contributed by atoms with Gasteiger partial charge >= 0.3 is 0 Å². The van der Waals surface area contributed by atoms with Gasteiger partial charge in [-0.2, -0.15) is 0 Å². The number of anilines is 3. The van der Waals surface area contributed by atoms with Gasteiger partial charge in [-0.25, -0.2) is 15.0 Å². The molecule has 7 nitrogen and oxygen atoms in total. The van der Waals surface area contributed by atoms with Gasteiger partial charge in [0, 0.05) is 45.8 Å². The van der Waals surface area contributed by atoms with Crippen molar-refractivity contribution >= 4 is 46.4 Å². The van der Waals surface area contributed by atoms with Crippen molar-refractivity contribution in [2.24, 2.45) is 0 Å². The van der Waals surface area contributed by atoms with E-state index in [1.165, 1.54) is 5.06 Å². The Labute approximate surface area is 164 Å². The minimum absolute atomic E-state index is 0.493. The number of hydrogen-bond acceptors (Lipinski definition) is 7. The fourth-order valence-corrected chi connectivity index (χ4v) is 3.10. The molecule has 2 rings (SSSR count). The van der Waals surface area contributed by atoms with Crippen LogP contribution in [0.2, 0.25) is 0 Å². The van der Waals surface area contributed by atoms with Crippen LogP contribution < -0.4 is 15.1 Å². The average molecular weight is 393 g/mol. The first-order valence-corrected chi connectivity index (χ1v) is 9.12. The lowest BCUT2D eigenvalue weighted by Crippen LogP contribution is -2.29. The van der Waals surface area contributed by atoms with Gasteiger partial charge in [-0.15, -0.1) is 0 Å². The minimum atomic E-state index is 0.493. The highest BCUT2D eigenvalue weighted by molar-refractivity contribution is 7.99. The molecule has 0 fully saturated rings. The molecule has 0 atom stereocenters. The quantitative estimate of drug-likeness (QED) is 0.590. The second-order valence-corrected chi connectivity index (χ2v) is 7.33. The summed E-state index contributed by atoms with van der Waals surface area (Å²) in [5, 5.41) is 5.96. The average Bonchev–Trinajstić information content (AvgIpc) is 2.62. The lowest BCUT2D eigenvalue weighted by molar-refractivity contribution is -0.0391. The largest absolute Gasteiger partial charge is 0.361 e. The van der Waals surface area contributed by atoms with Crippen molar-refractivity contribution < 1.29 is 4.84 Å². The highest BCUT2D eigenvalue weighted by Gasteiger charge is 2.12. The highest BCUT2D eigenvalue weighted by Crippen LogP contribution is 2.33. The summed E-state index contributed by atoms with van der Waals surface area (Å²) in [5.74, 6) is 1.66. The summed E-state index contributed by atoms with van der Waals surface area (Å²) in [6.07, 6.45) is 1.78. The molecule has 0 spiro atoms. The normalized spacial score (nSPS) is 10.4. The van der Waals surface area contributed by atoms with Crippen LogP contribution in [0.15, 0.2) is 40.4 Å². The first kappa shape index (κ1) is 20.2. The fourth-order valence-electron chi connectivity index (χ4n) is 1.95. The zero-order chi connectivity index (χ0) is 19.3. The zero-order valence-corrected chi connectivity index (χ0v) is 17.5. The molecule has 1 N–H and O–H groups in total. The molecular weight excluding hydrogens is 368 g/mol. The minimum Gasteiger partial charge on any atom is -0.361 e. The molecule has 0 aliphatic heterocycles. The summed E-state index contributed by atoms with van der Waals surface area (Å²) in [6, 6.07) is 7.98. The predicted octanol–water partition coefficient (Wildman–Crippen LogP) is 2.95. The smallest absolute Gasteiger partial charge is 0.197 e. The maximum atomic E-state index is 5.24. The molecule has 0 aliphatic rings. The van der Waals surface area contributed by atoms with Crippen LogP contribution >= 0.6 is 24.0 Å². The van der Waals surface area contributed by atoms with Gasteiger partial charge in [-0.1, -0.05) is 11.8 Å². The third-order valence-electron chi connectivity index (χ3n) is 3.47. The van der Waals surface area contributed by atoms with Crippen molar-refractivity contribution in [2.75, 3.05) is 57.5 Å². The number of thiocarbonyl (C=S) groups is 1. The number of rotatable bonds is 6. The van der Waals surface area contributed by atoms with Crippen molar-refractivity contribution in [1.29, 1.82) is 0 Å². The van der Waals surface area contributed by atoms with E-state index in [1.54, 1.807) is 32.1 Å².